The fourth-order valence-electron chi connectivity index (χ4n) is 2.48. The largest absolute Gasteiger partial charge is 0.454 e. The highest BCUT2D eigenvalue weighted by Gasteiger charge is 2.46. The van der Waals surface area contributed by atoms with Crippen molar-refractivity contribution in [3.8, 4) is 11.8 Å². The molecule has 1 aliphatic heterocycles. The molecule has 1 atom stereocenters. The molecule has 22 heavy (non-hydrogen) atoms. The number of esters is 2. The molecule has 0 saturated carbocycles. The second-order valence-corrected chi connectivity index (χ2v) is 6.37. The molecule has 0 spiro atoms. The SMILES string of the molecule is CC(=O)OC(C)(C)C(C)(C#CCN1CCCCC1)OC(C)=O. The first kappa shape index (κ1) is 18.5. The summed E-state index contributed by atoms with van der Waals surface area (Å²) in [6.07, 6.45) is 3.66. The summed E-state index contributed by atoms with van der Waals surface area (Å²) in [5.74, 6) is 5.22. The lowest BCUT2D eigenvalue weighted by Gasteiger charge is -2.38. The lowest BCUT2D eigenvalue weighted by atomic mass is 9.87. The van der Waals surface area contributed by atoms with E-state index in [-0.39, 0.29) is 0 Å². The van der Waals surface area contributed by atoms with E-state index in [0.29, 0.717) is 6.54 Å². The summed E-state index contributed by atoms with van der Waals surface area (Å²) in [5, 5.41) is 0. The molecule has 5 heteroatoms. The minimum absolute atomic E-state index is 0.429. The molecule has 1 unspecified atom stereocenters. The van der Waals surface area contributed by atoms with Crippen molar-refractivity contribution < 1.29 is 19.1 Å². The van der Waals surface area contributed by atoms with Crippen molar-refractivity contribution in [3.05, 3.63) is 0 Å². The van der Waals surface area contributed by atoms with Crippen LogP contribution in [0.3, 0.4) is 0 Å². The highest BCUT2D eigenvalue weighted by Crippen LogP contribution is 2.29. The molecule has 0 radical (unpaired) electrons. The average molecular weight is 309 g/mol. The summed E-state index contributed by atoms with van der Waals surface area (Å²) < 4.78 is 10.7. The van der Waals surface area contributed by atoms with Crippen LogP contribution in [0, 0.1) is 11.8 Å². The van der Waals surface area contributed by atoms with Crippen molar-refractivity contribution in [1.82, 2.24) is 4.90 Å². The monoisotopic (exact) mass is 309 g/mol. The molecule has 1 fully saturated rings. The molecule has 0 N–H and O–H groups in total. The maximum atomic E-state index is 11.4. The van der Waals surface area contributed by atoms with Gasteiger partial charge < -0.3 is 9.47 Å². The molecule has 0 aromatic heterocycles. The number of carbonyl (C=O) groups excluding carboxylic acids is 2. The van der Waals surface area contributed by atoms with Gasteiger partial charge in [-0.15, -0.1) is 0 Å². The lowest BCUT2D eigenvalue weighted by molar-refractivity contribution is -0.188. The quantitative estimate of drug-likeness (QED) is 0.588. The van der Waals surface area contributed by atoms with Crippen LogP contribution >= 0.6 is 0 Å². The molecule has 1 rings (SSSR count). The van der Waals surface area contributed by atoms with Crippen molar-refractivity contribution in [1.29, 1.82) is 0 Å². The molecular formula is C17H27NO4. The van der Waals surface area contributed by atoms with E-state index >= 15 is 0 Å². The van der Waals surface area contributed by atoms with Gasteiger partial charge in [-0.2, -0.15) is 0 Å². The van der Waals surface area contributed by atoms with Gasteiger partial charge in [-0.25, -0.2) is 0 Å². The summed E-state index contributed by atoms with van der Waals surface area (Å²) in [5.41, 5.74) is -2.21. The van der Waals surface area contributed by atoms with Gasteiger partial charge in [-0.1, -0.05) is 18.3 Å². The van der Waals surface area contributed by atoms with E-state index in [1.165, 1.54) is 33.1 Å². The first-order chi connectivity index (χ1) is 10.2. The maximum Gasteiger partial charge on any atom is 0.304 e. The Balaban J connectivity index is 2.86. The molecule has 0 bridgehead atoms. The summed E-state index contributed by atoms with van der Waals surface area (Å²) in [7, 11) is 0. The lowest BCUT2D eigenvalue weighted by Crippen LogP contribution is -2.52. The Morgan fingerprint density at radius 2 is 1.55 bits per heavy atom. The molecule has 0 aromatic carbocycles. The van der Waals surface area contributed by atoms with E-state index < -0.39 is 23.1 Å². The van der Waals surface area contributed by atoms with Crippen molar-refractivity contribution in [2.75, 3.05) is 19.6 Å². The van der Waals surface area contributed by atoms with Gasteiger partial charge in [0, 0.05) is 13.8 Å². The van der Waals surface area contributed by atoms with Gasteiger partial charge in [0.1, 0.15) is 0 Å². The van der Waals surface area contributed by atoms with E-state index in [0.717, 1.165) is 13.1 Å². The number of ether oxygens (including phenoxy) is 2. The fourth-order valence-corrected chi connectivity index (χ4v) is 2.48. The predicted octanol–water partition coefficient (Wildman–Crippen LogP) is 2.14. The minimum atomic E-state index is -1.18. The summed E-state index contributed by atoms with van der Waals surface area (Å²) in [6, 6.07) is 0. The van der Waals surface area contributed by atoms with E-state index in [4.69, 9.17) is 9.47 Å². The van der Waals surface area contributed by atoms with Crippen LogP contribution < -0.4 is 0 Å². The smallest absolute Gasteiger partial charge is 0.304 e. The predicted molar refractivity (Wildman–Crippen MR) is 84.1 cm³/mol. The molecule has 0 aliphatic carbocycles. The van der Waals surface area contributed by atoms with Crippen LogP contribution in [-0.2, 0) is 19.1 Å². The third kappa shape index (κ3) is 5.34. The van der Waals surface area contributed by atoms with E-state index in [9.17, 15) is 9.59 Å². The Labute approximate surface area is 133 Å². The third-order valence-corrected chi connectivity index (χ3v) is 3.97. The number of hydrogen-bond donors (Lipinski definition) is 0. The Hall–Kier alpha value is -1.54. The van der Waals surface area contributed by atoms with Crippen LogP contribution in [0.1, 0.15) is 53.9 Å². The Morgan fingerprint density at radius 1 is 1.00 bits per heavy atom. The molecule has 1 saturated heterocycles. The van der Waals surface area contributed by atoms with Crippen LogP contribution in [0.2, 0.25) is 0 Å². The highest BCUT2D eigenvalue weighted by atomic mass is 16.6. The minimum Gasteiger partial charge on any atom is -0.454 e. The third-order valence-electron chi connectivity index (χ3n) is 3.97. The molecule has 5 nitrogen and oxygen atoms in total. The molecule has 124 valence electrons. The summed E-state index contributed by atoms with van der Waals surface area (Å²) >= 11 is 0. The Bertz CT molecular complexity index is 469. The molecule has 0 amide bonds. The van der Waals surface area contributed by atoms with E-state index in [1.807, 2.05) is 0 Å². The normalized spacial score (nSPS) is 18.6. The Morgan fingerprint density at radius 3 is 2.05 bits per heavy atom. The zero-order valence-electron chi connectivity index (χ0n) is 14.3. The summed E-state index contributed by atoms with van der Waals surface area (Å²) in [6.45, 7) is 10.5. The second kappa shape index (κ2) is 7.64. The first-order valence-electron chi connectivity index (χ1n) is 7.78. The first-order valence-corrected chi connectivity index (χ1v) is 7.78. The maximum absolute atomic E-state index is 11.4. The second-order valence-electron chi connectivity index (χ2n) is 6.37. The van der Waals surface area contributed by atoms with E-state index in [1.54, 1.807) is 20.8 Å². The standard InChI is InChI=1S/C17H27NO4/c1-14(19)21-16(3,4)17(5,22-15(2)20)10-9-13-18-11-7-6-8-12-18/h6-8,11-13H2,1-5H3. The van der Waals surface area contributed by atoms with Crippen molar-refractivity contribution in [2.24, 2.45) is 0 Å². The number of carbonyl (C=O) groups is 2. The number of likely N-dealkylation sites (tertiary alicyclic amines) is 1. The van der Waals surface area contributed by atoms with Gasteiger partial charge in [0.15, 0.2) is 5.60 Å². The zero-order chi connectivity index (χ0) is 16.8. The van der Waals surface area contributed by atoms with Crippen LogP contribution in [0.4, 0.5) is 0 Å². The van der Waals surface area contributed by atoms with Gasteiger partial charge in [0.2, 0.25) is 5.60 Å². The van der Waals surface area contributed by atoms with Gasteiger partial charge >= 0.3 is 11.9 Å². The molecule has 1 aliphatic rings. The van der Waals surface area contributed by atoms with Crippen LogP contribution in [0.15, 0.2) is 0 Å². The van der Waals surface area contributed by atoms with Gasteiger partial charge in [0.05, 0.1) is 6.54 Å². The molecular weight excluding hydrogens is 282 g/mol. The molecule has 1 heterocycles. The number of hydrogen-bond acceptors (Lipinski definition) is 5. The number of nitrogens with zero attached hydrogens (tertiary/aromatic N) is 1. The zero-order valence-corrected chi connectivity index (χ0v) is 14.3. The van der Waals surface area contributed by atoms with Gasteiger partial charge in [-0.05, 0) is 46.7 Å². The topological polar surface area (TPSA) is 55.8 Å². The van der Waals surface area contributed by atoms with E-state index in [2.05, 4.69) is 16.7 Å². The van der Waals surface area contributed by atoms with Gasteiger partial charge in [-0.3, -0.25) is 14.5 Å². The summed E-state index contributed by atoms with van der Waals surface area (Å²) in [4.78, 5) is 25.0. The molecule has 0 aromatic rings. The van der Waals surface area contributed by atoms with Crippen LogP contribution in [0.5, 0.6) is 0 Å². The number of rotatable bonds is 4. The van der Waals surface area contributed by atoms with Crippen molar-refractivity contribution >= 4 is 11.9 Å². The van der Waals surface area contributed by atoms with Crippen LogP contribution in [0.25, 0.3) is 0 Å². The fraction of sp³-hybridized carbons (Fsp3) is 0.765. The number of piperidine rings is 1. The van der Waals surface area contributed by atoms with Gasteiger partial charge in [0.25, 0.3) is 0 Å². The Kier molecular flexibility index (Phi) is 6.43. The highest BCUT2D eigenvalue weighted by molar-refractivity contribution is 5.68. The average Bonchev–Trinajstić information content (AvgIpc) is 2.37. The van der Waals surface area contributed by atoms with Crippen molar-refractivity contribution in [3.63, 3.8) is 0 Å². The van der Waals surface area contributed by atoms with Crippen molar-refractivity contribution in [2.45, 2.75) is 65.1 Å². The van der Waals surface area contributed by atoms with Crippen LogP contribution in [-0.4, -0.2) is 47.7 Å².